The molecule has 6 heteroatoms. The molecule has 0 unspecified atom stereocenters. The SMILES string of the molecule is Cc1ccc(N=C2NC(=O)/C(=C/c3ccc(O)c(O)c3)S2)cc1. The van der Waals surface area contributed by atoms with Crippen molar-refractivity contribution < 1.29 is 15.0 Å². The molecule has 0 aliphatic carbocycles. The lowest BCUT2D eigenvalue weighted by molar-refractivity contribution is -0.115. The summed E-state index contributed by atoms with van der Waals surface area (Å²) < 4.78 is 0. The maximum atomic E-state index is 12.0. The second kappa shape index (κ2) is 6.18. The number of phenols is 2. The van der Waals surface area contributed by atoms with E-state index in [1.807, 2.05) is 31.2 Å². The molecule has 1 saturated heterocycles. The highest BCUT2D eigenvalue weighted by molar-refractivity contribution is 8.18. The number of benzene rings is 2. The number of phenolic OH excluding ortho intramolecular Hbond substituents is 2. The number of nitrogens with one attached hydrogen (secondary N) is 1. The fourth-order valence-electron chi connectivity index (χ4n) is 2.00. The smallest absolute Gasteiger partial charge is 0.264 e. The lowest BCUT2D eigenvalue weighted by Crippen LogP contribution is -2.19. The molecule has 0 bridgehead atoms. The Kier molecular flexibility index (Phi) is 4.08. The van der Waals surface area contributed by atoms with E-state index in [0.717, 1.165) is 11.3 Å². The van der Waals surface area contributed by atoms with Crippen molar-refractivity contribution in [1.29, 1.82) is 0 Å². The first-order valence-corrected chi connectivity index (χ1v) is 7.71. The first kappa shape index (κ1) is 15.2. The molecule has 1 fully saturated rings. The van der Waals surface area contributed by atoms with Gasteiger partial charge >= 0.3 is 0 Å². The Hall–Kier alpha value is -2.73. The largest absolute Gasteiger partial charge is 0.504 e. The van der Waals surface area contributed by atoms with Gasteiger partial charge in [0.15, 0.2) is 16.7 Å². The van der Waals surface area contributed by atoms with Gasteiger partial charge in [-0.3, -0.25) is 4.79 Å². The predicted octanol–water partition coefficient (Wildman–Crippen LogP) is 3.30. The summed E-state index contributed by atoms with van der Waals surface area (Å²) in [5.74, 6) is -0.665. The van der Waals surface area contributed by atoms with Crippen molar-refractivity contribution in [2.45, 2.75) is 6.92 Å². The molecule has 0 aromatic heterocycles. The third-order valence-electron chi connectivity index (χ3n) is 3.21. The molecule has 1 aliphatic heterocycles. The van der Waals surface area contributed by atoms with Crippen LogP contribution >= 0.6 is 11.8 Å². The monoisotopic (exact) mass is 326 g/mol. The number of aryl methyl sites for hydroxylation is 1. The molecule has 2 aromatic carbocycles. The molecule has 23 heavy (non-hydrogen) atoms. The van der Waals surface area contributed by atoms with Gasteiger partial charge in [-0.2, -0.15) is 0 Å². The summed E-state index contributed by atoms with van der Waals surface area (Å²) in [6.45, 7) is 2.00. The molecule has 3 N–H and O–H groups in total. The van der Waals surface area contributed by atoms with Crippen LogP contribution in [0.3, 0.4) is 0 Å². The third kappa shape index (κ3) is 3.54. The molecule has 1 aliphatic rings. The number of hydrogen-bond donors (Lipinski definition) is 3. The van der Waals surface area contributed by atoms with Gasteiger partial charge in [-0.15, -0.1) is 0 Å². The van der Waals surface area contributed by atoms with Gasteiger partial charge in [-0.25, -0.2) is 4.99 Å². The summed E-state index contributed by atoms with van der Waals surface area (Å²) in [6, 6.07) is 12.1. The molecule has 2 aromatic rings. The van der Waals surface area contributed by atoms with Crippen LogP contribution in [0.2, 0.25) is 0 Å². The third-order valence-corrected chi connectivity index (χ3v) is 4.12. The zero-order valence-corrected chi connectivity index (χ0v) is 13.1. The number of amides is 1. The highest BCUT2D eigenvalue weighted by Crippen LogP contribution is 2.30. The van der Waals surface area contributed by atoms with Crippen LogP contribution in [0.5, 0.6) is 11.5 Å². The summed E-state index contributed by atoms with van der Waals surface area (Å²) in [7, 11) is 0. The number of rotatable bonds is 2. The summed E-state index contributed by atoms with van der Waals surface area (Å²) in [4.78, 5) is 16.9. The molecule has 116 valence electrons. The Morgan fingerprint density at radius 3 is 2.52 bits per heavy atom. The lowest BCUT2D eigenvalue weighted by atomic mass is 10.2. The average Bonchev–Trinajstić information content (AvgIpc) is 2.85. The van der Waals surface area contributed by atoms with E-state index >= 15 is 0 Å². The number of carbonyl (C=O) groups is 1. The maximum Gasteiger partial charge on any atom is 0.264 e. The molecule has 0 atom stereocenters. The minimum absolute atomic E-state index is 0.197. The van der Waals surface area contributed by atoms with Gasteiger partial charge in [-0.05, 0) is 54.6 Å². The van der Waals surface area contributed by atoms with Gasteiger partial charge in [0.1, 0.15) is 0 Å². The van der Waals surface area contributed by atoms with Gasteiger partial charge in [0.2, 0.25) is 0 Å². The van der Waals surface area contributed by atoms with Crippen molar-refractivity contribution >= 4 is 34.6 Å². The van der Waals surface area contributed by atoms with Crippen LogP contribution in [-0.4, -0.2) is 21.3 Å². The summed E-state index contributed by atoms with van der Waals surface area (Å²) in [6.07, 6.45) is 1.64. The number of hydrogen-bond acceptors (Lipinski definition) is 5. The number of amidine groups is 1. The van der Waals surface area contributed by atoms with E-state index in [-0.39, 0.29) is 17.4 Å². The average molecular weight is 326 g/mol. The minimum Gasteiger partial charge on any atom is -0.504 e. The first-order valence-electron chi connectivity index (χ1n) is 6.89. The molecule has 0 saturated carbocycles. The van der Waals surface area contributed by atoms with Crippen LogP contribution in [0, 0.1) is 6.92 Å². The number of aromatic hydroxyl groups is 2. The second-order valence-electron chi connectivity index (χ2n) is 5.07. The van der Waals surface area contributed by atoms with Crippen molar-refractivity contribution in [3.05, 3.63) is 58.5 Å². The van der Waals surface area contributed by atoms with Gasteiger partial charge < -0.3 is 15.5 Å². The quantitative estimate of drug-likeness (QED) is 0.584. The zero-order chi connectivity index (χ0) is 16.4. The minimum atomic E-state index is -0.242. The maximum absolute atomic E-state index is 12.0. The van der Waals surface area contributed by atoms with Crippen molar-refractivity contribution in [1.82, 2.24) is 5.32 Å². The van der Waals surface area contributed by atoms with Crippen molar-refractivity contribution in [2.75, 3.05) is 0 Å². The van der Waals surface area contributed by atoms with Crippen molar-refractivity contribution in [3.8, 4) is 11.5 Å². The Balaban J connectivity index is 1.83. The molecule has 1 heterocycles. The van der Waals surface area contributed by atoms with Gasteiger partial charge in [0.05, 0.1) is 10.6 Å². The van der Waals surface area contributed by atoms with Gasteiger partial charge in [0, 0.05) is 0 Å². The second-order valence-corrected chi connectivity index (χ2v) is 6.10. The van der Waals surface area contributed by atoms with Crippen LogP contribution in [0.25, 0.3) is 6.08 Å². The molecule has 0 radical (unpaired) electrons. The highest BCUT2D eigenvalue weighted by Gasteiger charge is 2.23. The van der Waals surface area contributed by atoms with E-state index < -0.39 is 0 Å². The van der Waals surface area contributed by atoms with Crippen LogP contribution in [0.15, 0.2) is 52.4 Å². The van der Waals surface area contributed by atoms with E-state index in [1.54, 1.807) is 12.1 Å². The lowest BCUT2D eigenvalue weighted by Gasteiger charge is -1.99. The van der Waals surface area contributed by atoms with Crippen molar-refractivity contribution in [2.24, 2.45) is 4.99 Å². The van der Waals surface area contributed by atoms with Crippen LogP contribution < -0.4 is 5.32 Å². The van der Waals surface area contributed by atoms with E-state index in [0.29, 0.717) is 15.6 Å². The van der Waals surface area contributed by atoms with Gasteiger partial charge in [0.25, 0.3) is 5.91 Å². The normalized spacial score (nSPS) is 17.7. The van der Waals surface area contributed by atoms with E-state index in [9.17, 15) is 15.0 Å². The number of carbonyl (C=O) groups excluding carboxylic acids is 1. The predicted molar refractivity (Wildman–Crippen MR) is 91.8 cm³/mol. The Morgan fingerprint density at radius 1 is 1.09 bits per heavy atom. The van der Waals surface area contributed by atoms with Gasteiger partial charge in [-0.1, -0.05) is 23.8 Å². The Bertz CT molecular complexity index is 826. The van der Waals surface area contributed by atoms with Crippen LogP contribution in [-0.2, 0) is 4.79 Å². The molecule has 3 rings (SSSR count). The molecular weight excluding hydrogens is 312 g/mol. The molecule has 0 spiro atoms. The molecular formula is C17H14N2O3S. The number of aliphatic imine (C=N–C) groups is 1. The van der Waals surface area contributed by atoms with E-state index in [1.165, 1.54) is 23.9 Å². The Labute approximate surface area is 137 Å². The number of nitrogens with zero attached hydrogens (tertiary/aromatic N) is 1. The zero-order valence-electron chi connectivity index (χ0n) is 12.3. The van der Waals surface area contributed by atoms with Crippen molar-refractivity contribution in [3.63, 3.8) is 0 Å². The number of thioether (sulfide) groups is 1. The molecule has 1 amide bonds. The summed E-state index contributed by atoms with van der Waals surface area (Å²) in [5.41, 5.74) is 2.53. The summed E-state index contributed by atoms with van der Waals surface area (Å²) >= 11 is 1.23. The molecule has 5 nitrogen and oxygen atoms in total. The highest BCUT2D eigenvalue weighted by atomic mass is 32.2. The van der Waals surface area contributed by atoms with E-state index in [2.05, 4.69) is 10.3 Å². The van der Waals surface area contributed by atoms with E-state index in [4.69, 9.17) is 0 Å². The van der Waals surface area contributed by atoms with Crippen LogP contribution in [0.4, 0.5) is 5.69 Å². The Morgan fingerprint density at radius 2 is 1.83 bits per heavy atom. The topological polar surface area (TPSA) is 81.9 Å². The first-order chi connectivity index (χ1) is 11.0. The standard InChI is InChI=1S/C17H14N2O3S/c1-10-2-5-12(6-3-10)18-17-19-16(22)15(23-17)9-11-4-7-13(20)14(21)8-11/h2-9,20-21H,1H3,(H,18,19,22)/b15-9-. The fraction of sp³-hybridized carbons (Fsp3) is 0.0588. The fourth-order valence-corrected chi connectivity index (χ4v) is 2.84. The summed E-state index contributed by atoms with van der Waals surface area (Å²) in [5, 5.41) is 22.0. The van der Waals surface area contributed by atoms with Crippen LogP contribution in [0.1, 0.15) is 11.1 Å².